The third-order valence-electron chi connectivity index (χ3n) is 2.91. The first-order valence-corrected chi connectivity index (χ1v) is 6.87. The average molecular weight is 358 g/mol. The second-order valence-electron chi connectivity index (χ2n) is 5.04. The minimum atomic E-state index is -4.44. The van der Waals surface area contributed by atoms with Crippen molar-refractivity contribution in [1.29, 1.82) is 0 Å². The van der Waals surface area contributed by atoms with E-state index in [0.29, 0.717) is 11.3 Å². The number of aromatic carboxylic acids is 1. The number of halogens is 3. The molecule has 0 aliphatic rings. The van der Waals surface area contributed by atoms with Crippen LogP contribution in [0.2, 0.25) is 0 Å². The molecular formula is C14H13F3N4O4. The Balaban J connectivity index is 1.96. The maximum absolute atomic E-state index is 12.2. The van der Waals surface area contributed by atoms with Gasteiger partial charge in [-0.05, 0) is 30.7 Å². The Labute approximate surface area is 139 Å². The Bertz CT molecular complexity index is 789. The van der Waals surface area contributed by atoms with Crippen molar-refractivity contribution in [2.24, 2.45) is 0 Å². The highest BCUT2D eigenvalue weighted by atomic mass is 19.4. The number of nitrogens with one attached hydrogen (secondary N) is 1. The van der Waals surface area contributed by atoms with Crippen LogP contribution in [0, 0.1) is 6.92 Å². The summed E-state index contributed by atoms with van der Waals surface area (Å²) in [4.78, 5) is 22.6. The SMILES string of the molecule is Cc1cc(NC(=O)Cn2cc(C(=O)O)nn2)ccc1OCC(F)(F)F. The molecule has 0 bridgehead atoms. The number of anilines is 1. The molecule has 0 aliphatic carbocycles. The summed E-state index contributed by atoms with van der Waals surface area (Å²) < 4.78 is 42.2. The number of rotatable bonds is 6. The number of carboxylic acids is 1. The molecule has 0 fully saturated rings. The van der Waals surface area contributed by atoms with Crippen LogP contribution >= 0.6 is 0 Å². The summed E-state index contributed by atoms with van der Waals surface area (Å²) in [6.07, 6.45) is -3.34. The van der Waals surface area contributed by atoms with Crippen molar-refractivity contribution in [3.05, 3.63) is 35.7 Å². The molecule has 8 nitrogen and oxygen atoms in total. The molecule has 0 aliphatic heterocycles. The van der Waals surface area contributed by atoms with Gasteiger partial charge in [0.15, 0.2) is 12.3 Å². The number of nitrogens with zero attached hydrogens (tertiary/aromatic N) is 3. The first kappa shape index (κ1) is 18.2. The van der Waals surface area contributed by atoms with Gasteiger partial charge in [-0.25, -0.2) is 9.48 Å². The van der Waals surface area contributed by atoms with Gasteiger partial charge in [0, 0.05) is 5.69 Å². The highest BCUT2D eigenvalue weighted by Gasteiger charge is 2.28. The van der Waals surface area contributed by atoms with Gasteiger partial charge in [0.2, 0.25) is 5.91 Å². The van der Waals surface area contributed by atoms with E-state index in [1.165, 1.54) is 25.1 Å². The Morgan fingerprint density at radius 2 is 2.08 bits per heavy atom. The zero-order chi connectivity index (χ0) is 18.6. The van der Waals surface area contributed by atoms with E-state index < -0.39 is 24.7 Å². The van der Waals surface area contributed by atoms with E-state index >= 15 is 0 Å². The van der Waals surface area contributed by atoms with Gasteiger partial charge in [-0.1, -0.05) is 5.21 Å². The fourth-order valence-corrected chi connectivity index (χ4v) is 1.87. The standard InChI is InChI=1S/C14H13F3N4O4/c1-8-4-9(2-3-11(8)25-7-14(15,16)17)18-12(22)6-21-5-10(13(23)24)19-20-21/h2-5H,6-7H2,1H3,(H,18,22)(H,23,24). The number of carbonyl (C=O) groups is 2. The maximum atomic E-state index is 12.2. The predicted octanol–water partition coefficient (Wildman–Crippen LogP) is 1.86. The van der Waals surface area contributed by atoms with Crippen LogP contribution in [0.1, 0.15) is 16.1 Å². The molecule has 0 spiro atoms. The molecule has 134 valence electrons. The van der Waals surface area contributed by atoms with Crippen molar-refractivity contribution < 1.29 is 32.6 Å². The van der Waals surface area contributed by atoms with E-state index in [1.54, 1.807) is 0 Å². The zero-order valence-electron chi connectivity index (χ0n) is 12.9. The minimum Gasteiger partial charge on any atom is -0.484 e. The number of benzene rings is 1. The van der Waals surface area contributed by atoms with Gasteiger partial charge in [-0.15, -0.1) is 5.10 Å². The van der Waals surface area contributed by atoms with Crippen LogP contribution in [0.15, 0.2) is 24.4 Å². The predicted molar refractivity (Wildman–Crippen MR) is 78.3 cm³/mol. The molecule has 0 unspecified atom stereocenters. The van der Waals surface area contributed by atoms with Gasteiger partial charge >= 0.3 is 12.1 Å². The molecular weight excluding hydrogens is 345 g/mol. The summed E-state index contributed by atoms with van der Waals surface area (Å²) in [6.45, 7) is -0.138. The molecule has 25 heavy (non-hydrogen) atoms. The average Bonchev–Trinajstić information content (AvgIpc) is 2.94. The highest BCUT2D eigenvalue weighted by Crippen LogP contribution is 2.24. The largest absolute Gasteiger partial charge is 0.484 e. The van der Waals surface area contributed by atoms with Gasteiger partial charge in [0.1, 0.15) is 12.3 Å². The smallest absolute Gasteiger partial charge is 0.422 e. The zero-order valence-corrected chi connectivity index (χ0v) is 12.9. The van der Waals surface area contributed by atoms with Crippen molar-refractivity contribution in [3.8, 4) is 5.75 Å². The van der Waals surface area contributed by atoms with Crippen LogP contribution in [-0.4, -0.2) is 44.8 Å². The number of alkyl halides is 3. The summed E-state index contributed by atoms with van der Waals surface area (Å²) in [5.41, 5.74) is 0.464. The number of hydrogen-bond donors (Lipinski definition) is 2. The van der Waals surface area contributed by atoms with E-state index in [0.717, 1.165) is 10.9 Å². The van der Waals surface area contributed by atoms with Crippen molar-refractivity contribution in [2.45, 2.75) is 19.6 Å². The summed E-state index contributed by atoms with van der Waals surface area (Å²) in [5.74, 6) is -1.72. The van der Waals surface area contributed by atoms with E-state index in [9.17, 15) is 22.8 Å². The number of carbonyl (C=O) groups excluding carboxylic acids is 1. The molecule has 11 heteroatoms. The first-order valence-electron chi connectivity index (χ1n) is 6.87. The second-order valence-corrected chi connectivity index (χ2v) is 5.04. The van der Waals surface area contributed by atoms with Gasteiger partial charge in [-0.3, -0.25) is 4.79 Å². The van der Waals surface area contributed by atoms with Gasteiger partial charge in [0.05, 0.1) is 6.20 Å². The molecule has 2 N–H and O–H groups in total. The minimum absolute atomic E-state index is 0.0534. The van der Waals surface area contributed by atoms with Crippen LogP contribution < -0.4 is 10.1 Å². The van der Waals surface area contributed by atoms with E-state index in [1.807, 2.05) is 0 Å². The quantitative estimate of drug-likeness (QED) is 0.816. The fourth-order valence-electron chi connectivity index (χ4n) is 1.87. The lowest BCUT2D eigenvalue weighted by Gasteiger charge is -2.13. The Morgan fingerprint density at radius 1 is 1.36 bits per heavy atom. The summed E-state index contributed by atoms with van der Waals surface area (Å²) in [5, 5.41) is 18.1. The van der Waals surface area contributed by atoms with E-state index in [4.69, 9.17) is 5.11 Å². The third kappa shape index (κ3) is 5.48. The molecule has 1 aromatic heterocycles. The normalized spacial score (nSPS) is 11.2. The molecule has 2 aromatic rings. The van der Waals surface area contributed by atoms with Crippen LogP contribution in [0.4, 0.5) is 18.9 Å². The van der Waals surface area contributed by atoms with E-state index in [-0.39, 0.29) is 18.0 Å². The summed E-state index contributed by atoms with van der Waals surface area (Å²) in [7, 11) is 0. The monoisotopic (exact) mass is 358 g/mol. The van der Waals surface area contributed by atoms with Crippen LogP contribution in [-0.2, 0) is 11.3 Å². The van der Waals surface area contributed by atoms with Crippen molar-refractivity contribution in [1.82, 2.24) is 15.0 Å². The third-order valence-corrected chi connectivity index (χ3v) is 2.91. The van der Waals surface area contributed by atoms with Crippen molar-refractivity contribution in [3.63, 3.8) is 0 Å². The molecule has 2 rings (SSSR count). The van der Waals surface area contributed by atoms with Crippen molar-refractivity contribution >= 4 is 17.6 Å². The lowest BCUT2D eigenvalue weighted by Crippen LogP contribution is -2.20. The lowest BCUT2D eigenvalue weighted by molar-refractivity contribution is -0.153. The number of aromatic nitrogens is 3. The summed E-state index contributed by atoms with van der Waals surface area (Å²) in [6, 6.07) is 4.16. The Kier molecular flexibility index (Phi) is 5.25. The molecule has 1 heterocycles. The number of amides is 1. The number of ether oxygens (including phenoxy) is 1. The van der Waals surface area contributed by atoms with Crippen molar-refractivity contribution in [2.75, 3.05) is 11.9 Å². The molecule has 0 saturated carbocycles. The first-order chi connectivity index (χ1) is 11.6. The van der Waals surface area contributed by atoms with E-state index in [2.05, 4.69) is 20.4 Å². The van der Waals surface area contributed by atoms with Gasteiger partial charge < -0.3 is 15.2 Å². The van der Waals surface area contributed by atoms with Crippen LogP contribution in [0.5, 0.6) is 5.75 Å². The number of hydrogen-bond acceptors (Lipinski definition) is 5. The Morgan fingerprint density at radius 3 is 2.64 bits per heavy atom. The summed E-state index contributed by atoms with van der Waals surface area (Å²) >= 11 is 0. The molecule has 1 amide bonds. The number of carboxylic acid groups (broad SMARTS) is 1. The van der Waals surface area contributed by atoms with Crippen LogP contribution in [0.3, 0.4) is 0 Å². The molecule has 1 aromatic carbocycles. The number of aryl methyl sites for hydroxylation is 1. The van der Waals surface area contributed by atoms with Gasteiger partial charge in [-0.2, -0.15) is 13.2 Å². The lowest BCUT2D eigenvalue weighted by atomic mass is 10.2. The van der Waals surface area contributed by atoms with Crippen LogP contribution in [0.25, 0.3) is 0 Å². The molecule has 0 atom stereocenters. The van der Waals surface area contributed by atoms with Gasteiger partial charge in [0.25, 0.3) is 0 Å². The fraction of sp³-hybridized carbons (Fsp3) is 0.286. The Hall–Kier alpha value is -3.11. The molecule has 0 saturated heterocycles. The second kappa shape index (κ2) is 7.20. The maximum Gasteiger partial charge on any atom is 0.422 e. The molecule has 0 radical (unpaired) electrons. The highest BCUT2D eigenvalue weighted by molar-refractivity contribution is 5.91. The topological polar surface area (TPSA) is 106 Å².